The molecule has 0 radical (unpaired) electrons. The van der Waals surface area contributed by atoms with Gasteiger partial charge in [0.05, 0.1) is 6.42 Å². The zero-order valence-corrected chi connectivity index (χ0v) is 10.2. The van der Waals surface area contributed by atoms with Crippen molar-refractivity contribution in [2.45, 2.75) is 25.3 Å². The van der Waals surface area contributed by atoms with Crippen LogP contribution in [0.5, 0.6) is 0 Å². The van der Waals surface area contributed by atoms with Crippen molar-refractivity contribution in [2.75, 3.05) is 5.32 Å². The molecule has 1 fully saturated rings. The first kappa shape index (κ1) is 13.1. The molecule has 0 unspecified atom stereocenters. The van der Waals surface area contributed by atoms with E-state index >= 15 is 0 Å². The van der Waals surface area contributed by atoms with Crippen LogP contribution in [0.2, 0.25) is 0 Å². The number of carbonyl (C=O) groups is 3. The normalized spacial score (nSPS) is 17.9. The van der Waals surface area contributed by atoms with E-state index in [4.69, 9.17) is 5.11 Å². The van der Waals surface area contributed by atoms with Crippen LogP contribution < -0.4 is 10.6 Å². The molecule has 1 aromatic rings. The molecule has 1 aliphatic heterocycles. The summed E-state index contributed by atoms with van der Waals surface area (Å²) in [6, 6.07) is 6.11. The predicted octanol–water partition coefficient (Wildman–Crippen LogP) is 0.531. The molecule has 1 aliphatic rings. The van der Waals surface area contributed by atoms with Gasteiger partial charge in [0, 0.05) is 12.1 Å². The Morgan fingerprint density at radius 3 is 2.53 bits per heavy atom. The van der Waals surface area contributed by atoms with Crippen molar-refractivity contribution < 1.29 is 19.5 Å². The number of carboxylic acid groups (broad SMARTS) is 1. The van der Waals surface area contributed by atoms with E-state index in [1.807, 2.05) is 0 Å². The second-order valence-corrected chi connectivity index (χ2v) is 4.42. The molecule has 0 aliphatic carbocycles. The maximum atomic E-state index is 11.8. The summed E-state index contributed by atoms with van der Waals surface area (Å²) in [7, 11) is 0. The lowest BCUT2D eigenvalue weighted by Gasteiger charge is -2.11. The average molecular weight is 262 g/mol. The monoisotopic (exact) mass is 262 g/mol. The highest BCUT2D eigenvalue weighted by Crippen LogP contribution is 2.13. The number of amides is 2. The van der Waals surface area contributed by atoms with Crippen molar-refractivity contribution >= 4 is 23.5 Å². The van der Waals surface area contributed by atoms with Gasteiger partial charge in [-0.2, -0.15) is 0 Å². The van der Waals surface area contributed by atoms with Crippen LogP contribution in [-0.4, -0.2) is 28.9 Å². The molecule has 1 aromatic carbocycles. The summed E-state index contributed by atoms with van der Waals surface area (Å²) in [6.07, 6.45) is 0.824. The second kappa shape index (κ2) is 5.51. The maximum absolute atomic E-state index is 11.8. The highest BCUT2D eigenvalue weighted by molar-refractivity contribution is 5.98. The average Bonchev–Trinajstić information content (AvgIpc) is 2.78. The summed E-state index contributed by atoms with van der Waals surface area (Å²) in [5.74, 6) is -1.26. The zero-order valence-electron chi connectivity index (χ0n) is 10.2. The fourth-order valence-corrected chi connectivity index (χ4v) is 1.92. The van der Waals surface area contributed by atoms with Gasteiger partial charge < -0.3 is 15.7 Å². The van der Waals surface area contributed by atoms with Crippen molar-refractivity contribution in [1.82, 2.24) is 5.32 Å². The summed E-state index contributed by atoms with van der Waals surface area (Å²) >= 11 is 0. The smallest absolute Gasteiger partial charge is 0.307 e. The van der Waals surface area contributed by atoms with Gasteiger partial charge >= 0.3 is 5.97 Å². The Kier molecular flexibility index (Phi) is 3.79. The predicted molar refractivity (Wildman–Crippen MR) is 67.6 cm³/mol. The molecule has 2 rings (SSSR count). The molecule has 3 N–H and O–H groups in total. The van der Waals surface area contributed by atoms with E-state index in [2.05, 4.69) is 10.6 Å². The maximum Gasteiger partial charge on any atom is 0.307 e. The summed E-state index contributed by atoms with van der Waals surface area (Å²) in [6.45, 7) is 0. The van der Waals surface area contributed by atoms with Crippen LogP contribution in [-0.2, 0) is 20.8 Å². The topological polar surface area (TPSA) is 95.5 Å². The molecular weight excluding hydrogens is 248 g/mol. The first-order valence-electron chi connectivity index (χ1n) is 5.95. The third kappa shape index (κ3) is 3.54. The number of hydrogen-bond acceptors (Lipinski definition) is 3. The van der Waals surface area contributed by atoms with Gasteiger partial charge in [0.2, 0.25) is 11.8 Å². The van der Waals surface area contributed by atoms with E-state index in [0.717, 1.165) is 0 Å². The van der Waals surface area contributed by atoms with Crippen LogP contribution in [0.25, 0.3) is 0 Å². The summed E-state index contributed by atoms with van der Waals surface area (Å²) in [5.41, 5.74) is 1.25. The van der Waals surface area contributed by atoms with Gasteiger partial charge in [-0.15, -0.1) is 0 Å². The van der Waals surface area contributed by atoms with Gasteiger partial charge in [0.25, 0.3) is 0 Å². The van der Waals surface area contributed by atoms with Gasteiger partial charge in [-0.1, -0.05) is 12.1 Å². The van der Waals surface area contributed by atoms with Crippen LogP contribution >= 0.6 is 0 Å². The lowest BCUT2D eigenvalue weighted by molar-refractivity contribution is -0.136. The number of aliphatic carboxylic acids is 1. The van der Waals surface area contributed by atoms with Crippen molar-refractivity contribution in [3.8, 4) is 0 Å². The standard InChI is InChI=1S/C13H14N2O4/c16-11-6-5-10(15-11)13(19)14-9-3-1-8(2-4-9)7-12(17)18/h1-4,10H,5-7H2,(H,14,19)(H,15,16)(H,17,18)/t10-/m0/s1. The molecule has 0 saturated carbocycles. The minimum atomic E-state index is -0.898. The van der Waals surface area contributed by atoms with Gasteiger partial charge in [-0.05, 0) is 24.1 Å². The van der Waals surface area contributed by atoms with Crippen molar-refractivity contribution in [3.63, 3.8) is 0 Å². The number of carbonyl (C=O) groups excluding carboxylic acids is 2. The number of hydrogen-bond donors (Lipinski definition) is 3. The van der Waals surface area contributed by atoms with Crippen molar-refractivity contribution in [2.24, 2.45) is 0 Å². The Balaban J connectivity index is 1.94. The van der Waals surface area contributed by atoms with Gasteiger partial charge in [-0.25, -0.2) is 0 Å². The van der Waals surface area contributed by atoms with E-state index in [1.165, 1.54) is 0 Å². The lowest BCUT2D eigenvalue weighted by atomic mass is 10.1. The lowest BCUT2D eigenvalue weighted by Crippen LogP contribution is -2.37. The number of rotatable bonds is 4. The van der Waals surface area contributed by atoms with Crippen LogP contribution in [0.1, 0.15) is 18.4 Å². The summed E-state index contributed by atoms with van der Waals surface area (Å²) in [4.78, 5) is 33.3. The molecule has 100 valence electrons. The van der Waals surface area contributed by atoms with Crippen LogP contribution in [0.15, 0.2) is 24.3 Å². The highest BCUT2D eigenvalue weighted by Gasteiger charge is 2.26. The van der Waals surface area contributed by atoms with E-state index in [1.54, 1.807) is 24.3 Å². The first-order chi connectivity index (χ1) is 9.04. The Hall–Kier alpha value is -2.37. The molecule has 2 amide bonds. The molecule has 0 bridgehead atoms. The molecule has 6 heteroatoms. The fraction of sp³-hybridized carbons (Fsp3) is 0.308. The molecule has 0 spiro atoms. The van der Waals surface area contributed by atoms with Gasteiger partial charge in [-0.3, -0.25) is 14.4 Å². The highest BCUT2D eigenvalue weighted by atomic mass is 16.4. The Morgan fingerprint density at radius 2 is 2.00 bits per heavy atom. The zero-order chi connectivity index (χ0) is 13.8. The molecule has 0 aromatic heterocycles. The van der Waals surface area contributed by atoms with Crippen LogP contribution in [0, 0.1) is 0 Å². The summed E-state index contributed by atoms with van der Waals surface area (Å²) in [5, 5.41) is 13.9. The Morgan fingerprint density at radius 1 is 1.32 bits per heavy atom. The summed E-state index contributed by atoms with van der Waals surface area (Å²) < 4.78 is 0. The Labute approximate surface area is 109 Å². The van der Waals surface area contributed by atoms with Crippen LogP contribution in [0.3, 0.4) is 0 Å². The molecular formula is C13H14N2O4. The third-order valence-corrected chi connectivity index (χ3v) is 2.89. The van der Waals surface area contributed by atoms with Crippen molar-refractivity contribution in [1.29, 1.82) is 0 Å². The number of carboxylic acids is 1. The minimum Gasteiger partial charge on any atom is -0.481 e. The molecule has 19 heavy (non-hydrogen) atoms. The Bertz CT molecular complexity index is 510. The van der Waals surface area contributed by atoms with Gasteiger partial charge in [0.1, 0.15) is 6.04 Å². The number of anilines is 1. The second-order valence-electron chi connectivity index (χ2n) is 4.42. The largest absolute Gasteiger partial charge is 0.481 e. The molecule has 1 saturated heterocycles. The third-order valence-electron chi connectivity index (χ3n) is 2.89. The first-order valence-corrected chi connectivity index (χ1v) is 5.95. The minimum absolute atomic E-state index is 0.0487. The van der Waals surface area contributed by atoms with Gasteiger partial charge in [0.15, 0.2) is 0 Å². The fourth-order valence-electron chi connectivity index (χ4n) is 1.92. The van der Waals surface area contributed by atoms with E-state index in [0.29, 0.717) is 24.1 Å². The molecule has 1 atom stereocenters. The SMILES string of the molecule is O=C(O)Cc1ccc(NC(=O)[C@@H]2CCC(=O)N2)cc1. The van der Waals surface area contributed by atoms with Crippen molar-refractivity contribution in [3.05, 3.63) is 29.8 Å². The van der Waals surface area contributed by atoms with E-state index in [9.17, 15) is 14.4 Å². The quantitative estimate of drug-likeness (QED) is 0.737. The van der Waals surface area contributed by atoms with E-state index < -0.39 is 12.0 Å². The molecule has 6 nitrogen and oxygen atoms in total. The number of benzene rings is 1. The van der Waals surface area contributed by atoms with E-state index in [-0.39, 0.29) is 18.2 Å². The molecule has 1 heterocycles. The van der Waals surface area contributed by atoms with Crippen LogP contribution in [0.4, 0.5) is 5.69 Å². The number of nitrogens with one attached hydrogen (secondary N) is 2.